The lowest BCUT2D eigenvalue weighted by Gasteiger charge is -2.03. The summed E-state index contributed by atoms with van der Waals surface area (Å²) >= 11 is 0. The molecule has 0 aliphatic carbocycles. The van der Waals surface area contributed by atoms with Crippen molar-refractivity contribution >= 4 is 12.2 Å². The molecule has 0 spiro atoms. The topological polar surface area (TPSA) is 117 Å². The quantitative estimate of drug-likeness (QED) is 0.513. The molecule has 0 radical (unpaired) electrons. The number of amides is 2. The molecule has 0 saturated carbocycles. The highest BCUT2D eigenvalue weighted by atomic mass is 16.5. The molecule has 0 rings (SSSR count). The molecular weight excluding hydrogens is 232 g/mol. The Morgan fingerprint density at radius 3 is 2.00 bits per heavy atom. The van der Waals surface area contributed by atoms with E-state index in [1.54, 1.807) is 6.92 Å². The molecule has 4 N–H and O–H groups in total. The van der Waals surface area contributed by atoms with Crippen LogP contribution in [0.5, 0.6) is 0 Å². The van der Waals surface area contributed by atoms with E-state index in [1.165, 1.54) is 14.2 Å². The van der Waals surface area contributed by atoms with Crippen molar-refractivity contribution in [1.29, 1.82) is 0 Å². The number of methoxy groups -OCH3 is 2. The van der Waals surface area contributed by atoms with Gasteiger partial charge in [-0.3, -0.25) is 0 Å². The Morgan fingerprint density at radius 1 is 1.18 bits per heavy atom. The minimum Gasteiger partial charge on any atom is -0.453 e. The molecule has 0 bridgehead atoms. The fraction of sp³-hybridized carbons (Fsp3) is 0.778. The van der Waals surface area contributed by atoms with Gasteiger partial charge in [0.25, 0.3) is 0 Å². The van der Waals surface area contributed by atoms with Crippen LogP contribution in [-0.2, 0) is 9.47 Å². The Bertz CT molecular complexity index is 210. The Balaban J connectivity index is 0. The zero-order chi connectivity index (χ0) is 13.7. The number of carbonyl (C=O) groups excluding carboxylic acids is 2. The summed E-state index contributed by atoms with van der Waals surface area (Å²) in [4.78, 5) is 20.4. The van der Waals surface area contributed by atoms with Crippen molar-refractivity contribution in [2.24, 2.45) is 0 Å². The monoisotopic (exact) mass is 252 g/mol. The number of aliphatic hydroxyl groups excluding tert-OH is 2. The molecule has 0 aromatic carbocycles. The molecular formula is C9H20N2O6. The van der Waals surface area contributed by atoms with Crippen LogP contribution < -0.4 is 10.6 Å². The Morgan fingerprint density at radius 2 is 1.65 bits per heavy atom. The van der Waals surface area contributed by atoms with E-state index < -0.39 is 18.3 Å². The van der Waals surface area contributed by atoms with Crippen LogP contribution in [-0.4, -0.2) is 62.4 Å². The van der Waals surface area contributed by atoms with Crippen LogP contribution in [0, 0.1) is 0 Å². The SMILES string of the molecule is COC(=O)NCCO.COC(=O)NC[C@@H](C)O. The fourth-order valence-electron chi connectivity index (χ4n) is 0.533. The van der Waals surface area contributed by atoms with Crippen molar-refractivity contribution in [2.75, 3.05) is 33.9 Å². The second-order valence-corrected chi connectivity index (χ2v) is 2.86. The molecule has 1 atom stereocenters. The Labute approximate surface area is 99.9 Å². The van der Waals surface area contributed by atoms with E-state index in [2.05, 4.69) is 20.1 Å². The molecule has 0 aliphatic rings. The van der Waals surface area contributed by atoms with Crippen molar-refractivity contribution < 1.29 is 29.3 Å². The molecule has 0 fully saturated rings. The molecule has 8 nitrogen and oxygen atoms in total. The number of alkyl carbamates (subject to hydrolysis) is 2. The summed E-state index contributed by atoms with van der Waals surface area (Å²) < 4.78 is 8.43. The second kappa shape index (κ2) is 12.5. The predicted molar refractivity (Wildman–Crippen MR) is 59.6 cm³/mol. The van der Waals surface area contributed by atoms with E-state index in [-0.39, 0.29) is 19.7 Å². The van der Waals surface area contributed by atoms with Crippen LogP contribution >= 0.6 is 0 Å². The van der Waals surface area contributed by atoms with Crippen LogP contribution in [0.3, 0.4) is 0 Å². The van der Waals surface area contributed by atoms with Gasteiger partial charge in [-0.05, 0) is 6.92 Å². The first kappa shape index (κ1) is 17.8. The summed E-state index contributed by atoms with van der Waals surface area (Å²) in [7, 11) is 2.55. The standard InChI is InChI=1S/C5H11NO3.C4H9NO3/c1-4(7)3-6-5(8)9-2;1-8-4(7)5-2-3-6/h4,7H,3H2,1-2H3,(H,6,8);6H,2-3H2,1H3,(H,5,7)/t4-;/m1./s1. The molecule has 8 heteroatoms. The molecule has 0 aliphatic heterocycles. The van der Waals surface area contributed by atoms with Crippen LogP contribution in [0.25, 0.3) is 0 Å². The van der Waals surface area contributed by atoms with E-state index in [9.17, 15) is 9.59 Å². The van der Waals surface area contributed by atoms with E-state index in [1.807, 2.05) is 0 Å². The van der Waals surface area contributed by atoms with E-state index in [0.29, 0.717) is 0 Å². The largest absolute Gasteiger partial charge is 0.453 e. The lowest BCUT2D eigenvalue weighted by Crippen LogP contribution is -2.30. The molecule has 0 aromatic heterocycles. The third-order valence-corrected chi connectivity index (χ3v) is 1.29. The van der Waals surface area contributed by atoms with Gasteiger partial charge < -0.3 is 30.3 Å². The van der Waals surface area contributed by atoms with Crippen molar-refractivity contribution in [2.45, 2.75) is 13.0 Å². The first-order valence-corrected chi connectivity index (χ1v) is 4.90. The highest BCUT2D eigenvalue weighted by Crippen LogP contribution is 1.76. The van der Waals surface area contributed by atoms with Gasteiger partial charge in [0, 0.05) is 13.1 Å². The van der Waals surface area contributed by atoms with E-state index in [0.717, 1.165) is 0 Å². The minimum absolute atomic E-state index is 0.0604. The third kappa shape index (κ3) is 17.1. The average Bonchev–Trinajstić information content (AvgIpc) is 2.33. The van der Waals surface area contributed by atoms with Gasteiger partial charge in [0.05, 0.1) is 26.9 Å². The van der Waals surface area contributed by atoms with Gasteiger partial charge >= 0.3 is 12.2 Å². The molecule has 0 saturated heterocycles. The van der Waals surface area contributed by atoms with Crippen molar-refractivity contribution in [3.8, 4) is 0 Å². The first-order valence-electron chi connectivity index (χ1n) is 4.90. The number of aliphatic hydroxyl groups is 2. The predicted octanol–water partition coefficient (Wildman–Crippen LogP) is -0.942. The number of carbonyl (C=O) groups is 2. The molecule has 0 heterocycles. The first-order chi connectivity index (χ1) is 7.97. The second-order valence-electron chi connectivity index (χ2n) is 2.86. The highest BCUT2D eigenvalue weighted by molar-refractivity contribution is 5.67. The summed E-state index contributed by atoms with van der Waals surface area (Å²) in [6.45, 7) is 1.99. The minimum atomic E-state index is -0.524. The lowest BCUT2D eigenvalue weighted by atomic mass is 10.4. The third-order valence-electron chi connectivity index (χ3n) is 1.29. The normalized spacial score (nSPS) is 10.4. The zero-order valence-electron chi connectivity index (χ0n) is 10.2. The van der Waals surface area contributed by atoms with E-state index in [4.69, 9.17) is 10.2 Å². The summed E-state index contributed by atoms with van der Waals surface area (Å²) in [5.41, 5.74) is 0. The Kier molecular flexibility index (Phi) is 13.2. The van der Waals surface area contributed by atoms with Crippen LogP contribution in [0.4, 0.5) is 9.59 Å². The van der Waals surface area contributed by atoms with Gasteiger partial charge in [-0.2, -0.15) is 0 Å². The molecule has 17 heavy (non-hydrogen) atoms. The summed E-state index contributed by atoms with van der Waals surface area (Å²) in [6, 6.07) is 0. The highest BCUT2D eigenvalue weighted by Gasteiger charge is 1.98. The summed E-state index contributed by atoms with van der Waals surface area (Å²) in [6.07, 6.45) is -1.56. The van der Waals surface area contributed by atoms with Gasteiger partial charge in [0.1, 0.15) is 0 Å². The maximum Gasteiger partial charge on any atom is 0.406 e. The van der Waals surface area contributed by atoms with Gasteiger partial charge in [0.15, 0.2) is 0 Å². The average molecular weight is 252 g/mol. The summed E-state index contributed by atoms with van der Waals surface area (Å²) in [5, 5.41) is 21.4. The van der Waals surface area contributed by atoms with Crippen LogP contribution in [0.1, 0.15) is 6.92 Å². The number of hydrogen-bond acceptors (Lipinski definition) is 6. The number of hydrogen-bond donors (Lipinski definition) is 4. The van der Waals surface area contributed by atoms with Crippen molar-refractivity contribution in [1.82, 2.24) is 10.6 Å². The Hall–Kier alpha value is -1.54. The van der Waals surface area contributed by atoms with Gasteiger partial charge in [-0.1, -0.05) is 0 Å². The van der Waals surface area contributed by atoms with E-state index >= 15 is 0 Å². The van der Waals surface area contributed by atoms with Crippen LogP contribution in [0.15, 0.2) is 0 Å². The fourth-order valence-corrected chi connectivity index (χ4v) is 0.533. The van der Waals surface area contributed by atoms with Crippen molar-refractivity contribution in [3.63, 3.8) is 0 Å². The molecule has 0 unspecified atom stereocenters. The van der Waals surface area contributed by atoms with Gasteiger partial charge in [0.2, 0.25) is 0 Å². The maximum absolute atomic E-state index is 10.3. The van der Waals surface area contributed by atoms with Gasteiger partial charge in [-0.15, -0.1) is 0 Å². The molecule has 0 aromatic rings. The number of nitrogens with one attached hydrogen (secondary N) is 2. The van der Waals surface area contributed by atoms with Crippen LogP contribution in [0.2, 0.25) is 0 Å². The summed E-state index contributed by atoms with van der Waals surface area (Å²) in [5.74, 6) is 0. The molecule has 102 valence electrons. The lowest BCUT2D eigenvalue weighted by molar-refractivity contribution is 0.153. The number of rotatable bonds is 4. The maximum atomic E-state index is 10.3. The number of ether oxygens (including phenoxy) is 2. The van der Waals surface area contributed by atoms with Gasteiger partial charge in [-0.25, -0.2) is 9.59 Å². The molecule has 2 amide bonds. The smallest absolute Gasteiger partial charge is 0.406 e. The zero-order valence-corrected chi connectivity index (χ0v) is 10.2. The van der Waals surface area contributed by atoms with Crippen molar-refractivity contribution in [3.05, 3.63) is 0 Å².